The fourth-order valence-corrected chi connectivity index (χ4v) is 2.52. The summed E-state index contributed by atoms with van der Waals surface area (Å²) < 4.78 is 0. The number of aldehydes is 1. The number of fused-ring (bicyclic) bond motifs is 1. The van der Waals surface area contributed by atoms with Crippen LogP contribution in [0.5, 0.6) is 0 Å². The van der Waals surface area contributed by atoms with Gasteiger partial charge in [-0.2, -0.15) is 0 Å². The third kappa shape index (κ3) is 2.18. The zero-order valence-corrected chi connectivity index (χ0v) is 10.4. The number of hydrogen-bond acceptors (Lipinski definition) is 2. The van der Waals surface area contributed by atoms with Crippen LogP contribution in [0.15, 0.2) is 12.1 Å². The van der Waals surface area contributed by atoms with Gasteiger partial charge in [0, 0.05) is 22.5 Å². The molecular formula is C11H11BrClNO. The molecule has 2 rings (SSSR count). The summed E-state index contributed by atoms with van der Waals surface area (Å²) in [5.41, 5.74) is 3.32. The number of carbonyl (C=O) groups excluding carboxylic acids is 1. The van der Waals surface area contributed by atoms with E-state index in [9.17, 15) is 4.79 Å². The second-order valence-electron chi connectivity index (χ2n) is 3.63. The predicted molar refractivity (Wildman–Crippen MR) is 66.1 cm³/mol. The fraction of sp³-hybridized carbons (Fsp3) is 0.364. The molecule has 0 bridgehead atoms. The van der Waals surface area contributed by atoms with Crippen LogP contribution in [0.1, 0.15) is 11.1 Å². The van der Waals surface area contributed by atoms with E-state index in [0.717, 1.165) is 40.7 Å². The maximum Gasteiger partial charge on any atom is 0.142 e. The maximum absolute atomic E-state index is 10.7. The van der Waals surface area contributed by atoms with E-state index in [-0.39, 0.29) is 6.04 Å². The van der Waals surface area contributed by atoms with Gasteiger partial charge in [-0.15, -0.1) is 0 Å². The van der Waals surface area contributed by atoms with Gasteiger partial charge < -0.3 is 10.1 Å². The molecule has 80 valence electrons. The molecule has 1 aromatic carbocycles. The third-order valence-electron chi connectivity index (χ3n) is 2.58. The van der Waals surface area contributed by atoms with Gasteiger partial charge in [0.25, 0.3) is 0 Å². The molecule has 1 aliphatic heterocycles. The standard InChI is InChI=1S/C11H11BrClNO/c12-2-1-7-3-8-4-9(6-15)14-11(8)5-10(7)13/h3,5-6,9,14H,1-2,4H2. The van der Waals surface area contributed by atoms with Gasteiger partial charge in [0.05, 0.1) is 6.04 Å². The Balaban J connectivity index is 2.31. The largest absolute Gasteiger partial charge is 0.375 e. The van der Waals surface area contributed by atoms with Crippen LogP contribution in [-0.4, -0.2) is 17.7 Å². The van der Waals surface area contributed by atoms with Crippen molar-refractivity contribution in [3.63, 3.8) is 0 Å². The first-order valence-corrected chi connectivity index (χ1v) is 6.33. The van der Waals surface area contributed by atoms with E-state index in [0.29, 0.717) is 0 Å². The number of rotatable bonds is 3. The quantitative estimate of drug-likeness (QED) is 0.684. The molecule has 0 aromatic heterocycles. The van der Waals surface area contributed by atoms with Crippen molar-refractivity contribution in [3.8, 4) is 0 Å². The molecule has 0 aliphatic carbocycles. The van der Waals surface area contributed by atoms with Gasteiger partial charge in [-0.25, -0.2) is 0 Å². The van der Waals surface area contributed by atoms with E-state index in [1.165, 1.54) is 5.56 Å². The highest BCUT2D eigenvalue weighted by atomic mass is 79.9. The van der Waals surface area contributed by atoms with Crippen LogP contribution in [0.4, 0.5) is 5.69 Å². The summed E-state index contributed by atoms with van der Waals surface area (Å²) >= 11 is 9.52. The molecule has 15 heavy (non-hydrogen) atoms. The summed E-state index contributed by atoms with van der Waals surface area (Å²) in [5, 5.41) is 4.80. The van der Waals surface area contributed by atoms with E-state index >= 15 is 0 Å². The van der Waals surface area contributed by atoms with Crippen LogP contribution < -0.4 is 5.32 Å². The second-order valence-corrected chi connectivity index (χ2v) is 4.83. The Bertz CT molecular complexity index is 394. The van der Waals surface area contributed by atoms with Gasteiger partial charge in [0.15, 0.2) is 0 Å². The lowest BCUT2D eigenvalue weighted by molar-refractivity contribution is -0.108. The molecule has 0 spiro atoms. The lowest BCUT2D eigenvalue weighted by Crippen LogP contribution is -2.16. The van der Waals surface area contributed by atoms with Gasteiger partial charge >= 0.3 is 0 Å². The summed E-state index contributed by atoms with van der Waals surface area (Å²) in [4.78, 5) is 10.7. The topological polar surface area (TPSA) is 29.1 Å². The molecule has 0 saturated carbocycles. The Morgan fingerprint density at radius 1 is 1.60 bits per heavy atom. The van der Waals surface area contributed by atoms with E-state index in [2.05, 4.69) is 27.3 Å². The van der Waals surface area contributed by atoms with Crippen molar-refractivity contribution in [2.45, 2.75) is 18.9 Å². The predicted octanol–water partition coefficient (Wildman–Crippen LogP) is 2.81. The molecule has 0 fully saturated rings. The number of carbonyl (C=O) groups is 1. The minimum Gasteiger partial charge on any atom is -0.375 e. The zero-order chi connectivity index (χ0) is 10.8. The first kappa shape index (κ1) is 11.0. The number of anilines is 1. The van der Waals surface area contributed by atoms with E-state index in [4.69, 9.17) is 11.6 Å². The number of benzene rings is 1. The second kappa shape index (κ2) is 4.54. The molecule has 1 aliphatic rings. The first-order valence-electron chi connectivity index (χ1n) is 4.83. The molecule has 1 heterocycles. The van der Waals surface area contributed by atoms with Crippen LogP contribution in [-0.2, 0) is 17.6 Å². The Labute approximate surface area is 102 Å². The van der Waals surface area contributed by atoms with Gasteiger partial charge in [-0.05, 0) is 23.6 Å². The van der Waals surface area contributed by atoms with Crippen LogP contribution in [0.3, 0.4) is 0 Å². The van der Waals surface area contributed by atoms with E-state index in [1.807, 2.05) is 6.07 Å². The first-order chi connectivity index (χ1) is 7.24. The molecular weight excluding hydrogens is 277 g/mol. The Kier molecular flexibility index (Phi) is 3.32. The monoisotopic (exact) mass is 287 g/mol. The number of aryl methyl sites for hydroxylation is 1. The normalized spacial score (nSPS) is 18.4. The van der Waals surface area contributed by atoms with Crippen molar-refractivity contribution in [2.75, 3.05) is 10.6 Å². The minimum atomic E-state index is -0.0877. The molecule has 0 saturated heterocycles. The molecule has 1 aromatic rings. The van der Waals surface area contributed by atoms with Crippen LogP contribution in [0.25, 0.3) is 0 Å². The van der Waals surface area contributed by atoms with Crippen molar-refractivity contribution < 1.29 is 4.79 Å². The Morgan fingerprint density at radius 3 is 3.07 bits per heavy atom. The smallest absolute Gasteiger partial charge is 0.142 e. The van der Waals surface area contributed by atoms with Gasteiger partial charge in [0.1, 0.15) is 6.29 Å². The fourth-order valence-electron chi connectivity index (χ4n) is 1.84. The average molecular weight is 289 g/mol. The zero-order valence-electron chi connectivity index (χ0n) is 8.09. The van der Waals surface area contributed by atoms with Crippen LogP contribution in [0.2, 0.25) is 5.02 Å². The Hall–Kier alpha value is -0.540. The van der Waals surface area contributed by atoms with Crippen molar-refractivity contribution >= 4 is 39.5 Å². The minimum absolute atomic E-state index is 0.0877. The maximum atomic E-state index is 10.7. The molecule has 2 nitrogen and oxygen atoms in total. The summed E-state index contributed by atoms with van der Waals surface area (Å²) in [6.07, 6.45) is 2.63. The lowest BCUT2D eigenvalue weighted by Gasteiger charge is -2.06. The SMILES string of the molecule is O=CC1Cc2cc(CCBr)c(Cl)cc2N1. The van der Waals surface area contributed by atoms with Gasteiger partial charge in [-0.1, -0.05) is 33.6 Å². The van der Waals surface area contributed by atoms with Crippen LogP contribution >= 0.6 is 27.5 Å². The molecule has 1 N–H and O–H groups in total. The van der Waals surface area contributed by atoms with Crippen molar-refractivity contribution in [3.05, 3.63) is 28.3 Å². The Morgan fingerprint density at radius 2 is 2.40 bits per heavy atom. The highest BCUT2D eigenvalue weighted by Gasteiger charge is 2.21. The number of halogens is 2. The van der Waals surface area contributed by atoms with Crippen molar-refractivity contribution in [2.24, 2.45) is 0 Å². The highest BCUT2D eigenvalue weighted by Crippen LogP contribution is 2.31. The van der Waals surface area contributed by atoms with Crippen LogP contribution in [0, 0.1) is 0 Å². The molecule has 1 atom stereocenters. The average Bonchev–Trinajstić information content (AvgIpc) is 2.61. The molecule has 1 unspecified atom stereocenters. The highest BCUT2D eigenvalue weighted by molar-refractivity contribution is 9.09. The molecule has 4 heteroatoms. The molecule has 0 radical (unpaired) electrons. The number of hydrogen-bond donors (Lipinski definition) is 1. The summed E-state index contributed by atoms with van der Waals surface area (Å²) in [5.74, 6) is 0. The third-order valence-corrected chi connectivity index (χ3v) is 3.33. The summed E-state index contributed by atoms with van der Waals surface area (Å²) in [6, 6.07) is 3.92. The van der Waals surface area contributed by atoms with E-state index in [1.54, 1.807) is 0 Å². The van der Waals surface area contributed by atoms with Gasteiger partial charge in [0.2, 0.25) is 0 Å². The molecule has 0 amide bonds. The van der Waals surface area contributed by atoms with Crippen molar-refractivity contribution in [1.29, 1.82) is 0 Å². The number of nitrogens with one attached hydrogen (secondary N) is 1. The van der Waals surface area contributed by atoms with E-state index < -0.39 is 0 Å². The lowest BCUT2D eigenvalue weighted by atomic mass is 10.1. The van der Waals surface area contributed by atoms with Crippen molar-refractivity contribution in [1.82, 2.24) is 0 Å². The summed E-state index contributed by atoms with van der Waals surface area (Å²) in [7, 11) is 0. The number of alkyl halides is 1. The summed E-state index contributed by atoms with van der Waals surface area (Å²) in [6.45, 7) is 0. The van der Waals surface area contributed by atoms with Gasteiger partial charge in [-0.3, -0.25) is 0 Å².